The summed E-state index contributed by atoms with van der Waals surface area (Å²) < 4.78 is 21.9. The molecular weight excluding hydrogens is 444 g/mol. The van der Waals surface area contributed by atoms with E-state index in [2.05, 4.69) is 21.9 Å². The second kappa shape index (κ2) is 13.3. The Kier molecular flexibility index (Phi) is 10.4. The van der Waals surface area contributed by atoms with Crippen LogP contribution in [0.3, 0.4) is 0 Å². The smallest absolute Gasteiger partial charge is 0.414 e. The number of ether oxygens (including phenoxy) is 4. The third-order valence-electron chi connectivity index (χ3n) is 5.41. The first-order valence-electron chi connectivity index (χ1n) is 10.6. The zero-order chi connectivity index (χ0) is 25.1. The van der Waals surface area contributed by atoms with Crippen LogP contribution >= 0.6 is 0 Å². The Morgan fingerprint density at radius 2 is 1.29 bits per heavy atom. The van der Waals surface area contributed by atoms with Gasteiger partial charge in [0.2, 0.25) is 0 Å². The van der Waals surface area contributed by atoms with Gasteiger partial charge in [-0.3, -0.25) is 9.80 Å². The molecule has 0 amide bonds. The minimum absolute atomic E-state index is 0.781. The molecule has 1 fully saturated rings. The Morgan fingerprint density at radius 1 is 0.735 bits per heavy atom. The van der Waals surface area contributed by atoms with Crippen molar-refractivity contribution in [2.24, 2.45) is 0 Å². The highest BCUT2D eigenvalue weighted by Gasteiger charge is 2.20. The first-order chi connectivity index (χ1) is 16.3. The van der Waals surface area contributed by atoms with Crippen molar-refractivity contribution in [3.8, 4) is 23.0 Å². The van der Waals surface area contributed by atoms with E-state index in [1.54, 1.807) is 28.4 Å². The Hall–Kier alpha value is -3.50. The lowest BCUT2D eigenvalue weighted by molar-refractivity contribution is -0.159. The van der Waals surface area contributed by atoms with Gasteiger partial charge in [0.25, 0.3) is 0 Å². The first-order valence-corrected chi connectivity index (χ1v) is 10.6. The number of para-hydroxylation sites is 1. The van der Waals surface area contributed by atoms with Crippen molar-refractivity contribution in [3.63, 3.8) is 0 Å². The van der Waals surface area contributed by atoms with Crippen LogP contribution in [0.1, 0.15) is 11.1 Å². The maximum Gasteiger partial charge on any atom is 0.414 e. The summed E-state index contributed by atoms with van der Waals surface area (Å²) in [5.74, 6) is -0.272. The highest BCUT2D eigenvalue weighted by atomic mass is 16.5. The molecule has 2 N–H and O–H groups in total. The zero-order valence-corrected chi connectivity index (χ0v) is 19.9. The fourth-order valence-corrected chi connectivity index (χ4v) is 3.67. The molecule has 0 aromatic heterocycles. The lowest BCUT2D eigenvalue weighted by atomic mass is 10.1. The molecular formula is C24H32N2O8. The molecule has 34 heavy (non-hydrogen) atoms. The maximum atomic E-state index is 9.10. The number of methoxy groups -OCH3 is 4. The summed E-state index contributed by atoms with van der Waals surface area (Å²) >= 11 is 0. The first kappa shape index (κ1) is 26.7. The minimum atomic E-state index is -1.82. The predicted molar refractivity (Wildman–Crippen MR) is 125 cm³/mol. The van der Waals surface area contributed by atoms with Crippen LogP contribution in [0, 0.1) is 0 Å². The molecule has 0 radical (unpaired) electrons. The zero-order valence-electron chi connectivity index (χ0n) is 19.9. The van der Waals surface area contributed by atoms with Crippen LogP contribution in [-0.2, 0) is 22.7 Å². The molecule has 2 aromatic carbocycles. The number of nitrogens with zero attached hydrogens (tertiary/aromatic N) is 2. The Balaban J connectivity index is 0.000000604. The topological polar surface area (TPSA) is 118 Å². The average Bonchev–Trinajstić information content (AvgIpc) is 2.85. The van der Waals surface area contributed by atoms with Crippen LogP contribution in [0.25, 0.3) is 0 Å². The van der Waals surface area contributed by atoms with Crippen LogP contribution < -0.4 is 18.9 Å². The Morgan fingerprint density at radius 3 is 1.76 bits per heavy atom. The molecule has 0 unspecified atom stereocenters. The molecule has 0 bridgehead atoms. The van der Waals surface area contributed by atoms with Gasteiger partial charge in [-0.2, -0.15) is 0 Å². The number of carbonyl (C=O) groups is 2. The molecule has 10 heteroatoms. The molecule has 0 spiro atoms. The van der Waals surface area contributed by atoms with Gasteiger partial charge in [0, 0.05) is 50.4 Å². The van der Waals surface area contributed by atoms with E-state index >= 15 is 0 Å². The standard InChI is InChI=1S/C22H30N2O4.C2H2O4/c1-25-19-8-9-20(26-2)18(14-19)16-24-12-10-23(11-13-24)15-17-6-5-7-21(27-3)22(17)28-4;3-1(4)2(5)6/h5-9,14H,10-13,15-16H2,1-4H3;(H,3,4)(H,5,6). The van der Waals surface area contributed by atoms with Crippen molar-refractivity contribution in [3.05, 3.63) is 47.5 Å². The van der Waals surface area contributed by atoms with Crippen molar-refractivity contribution in [1.82, 2.24) is 9.80 Å². The number of carboxylic acids is 2. The van der Waals surface area contributed by atoms with E-state index in [-0.39, 0.29) is 0 Å². The molecule has 2 aromatic rings. The number of benzene rings is 2. The summed E-state index contributed by atoms with van der Waals surface area (Å²) in [4.78, 5) is 23.1. The van der Waals surface area contributed by atoms with Gasteiger partial charge in [0.05, 0.1) is 28.4 Å². The molecule has 0 aliphatic carbocycles. The molecule has 0 saturated carbocycles. The molecule has 0 atom stereocenters. The SMILES string of the molecule is COc1ccc(OC)c(CN2CCN(Cc3cccc(OC)c3OC)CC2)c1.O=C(O)C(=O)O. The summed E-state index contributed by atoms with van der Waals surface area (Å²) in [5.41, 5.74) is 2.31. The average molecular weight is 477 g/mol. The van der Waals surface area contributed by atoms with E-state index in [9.17, 15) is 0 Å². The van der Waals surface area contributed by atoms with Gasteiger partial charge in [-0.25, -0.2) is 9.59 Å². The summed E-state index contributed by atoms with van der Waals surface area (Å²) in [6, 6.07) is 12.0. The van der Waals surface area contributed by atoms with Crippen molar-refractivity contribution in [2.45, 2.75) is 13.1 Å². The third kappa shape index (κ3) is 7.53. The van der Waals surface area contributed by atoms with Crippen LogP contribution in [0.15, 0.2) is 36.4 Å². The van der Waals surface area contributed by atoms with Gasteiger partial charge in [-0.05, 0) is 24.3 Å². The van der Waals surface area contributed by atoms with E-state index in [4.69, 9.17) is 38.7 Å². The molecule has 10 nitrogen and oxygen atoms in total. The van der Waals surface area contributed by atoms with Crippen LogP contribution in [0.2, 0.25) is 0 Å². The second-order valence-electron chi connectivity index (χ2n) is 7.49. The van der Waals surface area contributed by atoms with Crippen molar-refractivity contribution in [2.75, 3.05) is 54.6 Å². The van der Waals surface area contributed by atoms with Crippen molar-refractivity contribution < 1.29 is 38.7 Å². The highest BCUT2D eigenvalue weighted by molar-refractivity contribution is 6.27. The Labute approximate surface area is 199 Å². The minimum Gasteiger partial charge on any atom is -0.497 e. The van der Waals surface area contributed by atoms with Crippen molar-refractivity contribution in [1.29, 1.82) is 0 Å². The fourth-order valence-electron chi connectivity index (χ4n) is 3.67. The monoisotopic (exact) mass is 476 g/mol. The summed E-state index contributed by atoms with van der Waals surface area (Å²) in [5, 5.41) is 14.8. The summed E-state index contributed by atoms with van der Waals surface area (Å²) in [6.45, 7) is 5.74. The normalized spacial score (nSPS) is 13.9. The lowest BCUT2D eigenvalue weighted by Gasteiger charge is -2.35. The predicted octanol–water partition coefficient (Wildman–Crippen LogP) is 2.19. The van der Waals surface area contributed by atoms with Crippen LogP contribution in [0.5, 0.6) is 23.0 Å². The number of piperazine rings is 1. The van der Waals surface area contributed by atoms with Crippen LogP contribution in [-0.4, -0.2) is 86.6 Å². The van der Waals surface area contributed by atoms with E-state index in [0.29, 0.717) is 0 Å². The second-order valence-corrected chi connectivity index (χ2v) is 7.49. The van der Waals surface area contributed by atoms with Crippen LogP contribution in [0.4, 0.5) is 0 Å². The number of aliphatic carboxylic acids is 2. The molecule has 1 heterocycles. The summed E-state index contributed by atoms with van der Waals surface area (Å²) in [6.07, 6.45) is 0. The number of hydrogen-bond donors (Lipinski definition) is 2. The van der Waals surface area contributed by atoms with E-state index < -0.39 is 11.9 Å². The van der Waals surface area contributed by atoms with Crippen molar-refractivity contribution >= 4 is 11.9 Å². The van der Waals surface area contributed by atoms with E-state index in [1.165, 1.54) is 0 Å². The lowest BCUT2D eigenvalue weighted by Crippen LogP contribution is -2.45. The van der Waals surface area contributed by atoms with Gasteiger partial charge >= 0.3 is 11.9 Å². The number of rotatable bonds is 8. The van der Waals surface area contributed by atoms with Gasteiger partial charge < -0.3 is 29.2 Å². The summed E-state index contributed by atoms with van der Waals surface area (Å²) in [7, 11) is 6.77. The van der Waals surface area contributed by atoms with E-state index in [1.807, 2.05) is 24.3 Å². The van der Waals surface area contributed by atoms with Gasteiger partial charge in [-0.1, -0.05) is 12.1 Å². The third-order valence-corrected chi connectivity index (χ3v) is 5.41. The maximum absolute atomic E-state index is 9.10. The number of carboxylic acid groups (broad SMARTS) is 2. The van der Waals surface area contributed by atoms with Gasteiger partial charge in [0.1, 0.15) is 11.5 Å². The molecule has 1 saturated heterocycles. The molecule has 186 valence electrons. The Bertz CT molecular complexity index is 934. The molecule has 3 rings (SSSR count). The van der Waals surface area contributed by atoms with Gasteiger partial charge in [-0.15, -0.1) is 0 Å². The molecule has 1 aliphatic rings. The molecule has 1 aliphatic heterocycles. The fraction of sp³-hybridized carbons (Fsp3) is 0.417. The van der Waals surface area contributed by atoms with E-state index in [0.717, 1.165) is 73.4 Å². The largest absolute Gasteiger partial charge is 0.497 e. The number of hydrogen-bond acceptors (Lipinski definition) is 8. The quantitative estimate of drug-likeness (QED) is 0.549. The van der Waals surface area contributed by atoms with Gasteiger partial charge in [0.15, 0.2) is 11.5 Å². The highest BCUT2D eigenvalue weighted by Crippen LogP contribution is 2.32.